The molecule has 1 aromatic heterocycles. The van der Waals surface area contributed by atoms with E-state index < -0.39 is 11.2 Å². The zero-order valence-corrected chi connectivity index (χ0v) is 15.8. The number of benzene rings is 2. The largest absolute Gasteiger partial charge is 0.609 e. The average Bonchev–Trinajstić information content (AvgIpc) is 2.63. The first-order chi connectivity index (χ1) is 13.0. The summed E-state index contributed by atoms with van der Waals surface area (Å²) in [5.74, 6) is 0.822. The summed E-state index contributed by atoms with van der Waals surface area (Å²) < 4.78 is 18.0. The van der Waals surface area contributed by atoms with Gasteiger partial charge in [-0.25, -0.2) is 0 Å². The van der Waals surface area contributed by atoms with Gasteiger partial charge in [-0.2, -0.15) is 9.97 Å². The summed E-state index contributed by atoms with van der Waals surface area (Å²) in [7, 11) is 0. The van der Waals surface area contributed by atoms with E-state index in [2.05, 4.69) is 15.3 Å². The highest BCUT2D eigenvalue weighted by atomic mass is 32.2. The van der Waals surface area contributed by atoms with Crippen molar-refractivity contribution >= 4 is 22.8 Å². The number of rotatable bonds is 6. The van der Waals surface area contributed by atoms with E-state index in [-0.39, 0.29) is 16.8 Å². The molecule has 1 heterocycles. The smallest absolute Gasteiger partial charge is 0.343 e. The molecule has 2 aromatic carbocycles. The predicted octanol–water partition coefficient (Wildman–Crippen LogP) is 3.63. The second-order valence-electron chi connectivity index (χ2n) is 5.91. The highest BCUT2D eigenvalue weighted by Gasteiger charge is 2.20. The van der Waals surface area contributed by atoms with Crippen molar-refractivity contribution in [3.8, 4) is 11.5 Å². The van der Waals surface area contributed by atoms with Gasteiger partial charge in [0, 0.05) is 28.3 Å². The van der Waals surface area contributed by atoms with E-state index in [0.717, 1.165) is 17.1 Å². The molecule has 1 atom stereocenters. The van der Waals surface area contributed by atoms with E-state index in [9.17, 15) is 9.35 Å². The molecule has 138 valence electrons. The molecule has 0 spiro atoms. The molecule has 1 amide bonds. The van der Waals surface area contributed by atoms with Crippen LogP contribution in [0.2, 0.25) is 0 Å². The highest BCUT2D eigenvalue weighted by Crippen LogP contribution is 2.22. The first kappa shape index (κ1) is 18.9. The zero-order valence-electron chi connectivity index (χ0n) is 15.0. The fraction of sp³-hybridized carbons (Fsp3) is 0.150. The molecule has 27 heavy (non-hydrogen) atoms. The van der Waals surface area contributed by atoms with Crippen molar-refractivity contribution < 1.29 is 14.1 Å². The maximum absolute atomic E-state index is 12.3. The lowest BCUT2D eigenvalue weighted by atomic mass is 10.3. The molecule has 0 saturated carbocycles. The van der Waals surface area contributed by atoms with E-state index >= 15 is 0 Å². The van der Waals surface area contributed by atoms with Crippen molar-refractivity contribution in [2.45, 2.75) is 19.0 Å². The van der Waals surface area contributed by atoms with Crippen molar-refractivity contribution in [2.24, 2.45) is 0 Å². The Morgan fingerprint density at radius 3 is 2.22 bits per heavy atom. The van der Waals surface area contributed by atoms with E-state index in [4.69, 9.17) is 4.74 Å². The second-order valence-corrected chi connectivity index (χ2v) is 7.26. The summed E-state index contributed by atoms with van der Waals surface area (Å²) in [6.45, 7) is 3.60. The molecule has 0 aliphatic heterocycles. The van der Waals surface area contributed by atoms with Gasteiger partial charge < -0.3 is 14.6 Å². The van der Waals surface area contributed by atoms with Gasteiger partial charge in [0.1, 0.15) is 11.5 Å². The number of carbonyl (C=O) groups excluding carboxylic acids is 1. The lowest BCUT2D eigenvalue weighted by Crippen LogP contribution is -2.24. The molecule has 0 aliphatic rings. The molecule has 3 aromatic rings. The molecule has 0 bridgehead atoms. The fourth-order valence-electron chi connectivity index (χ4n) is 2.41. The summed E-state index contributed by atoms with van der Waals surface area (Å²) in [6, 6.07) is 18.2. The van der Waals surface area contributed by atoms with Crippen molar-refractivity contribution in [1.82, 2.24) is 9.97 Å². The summed E-state index contributed by atoms with van der Waals surface area (Å²) >= 11 is -1.60. The minimum absolute atomic E-state index is 0.175. The minimum atomic E-state index is -1.60. The van der Waals surface area contributed by atoms with Crippen molar-refractivity contribution in [2.75, 3.05) is 11.1 Å². The number of para-hydroxylation sites is 1. The quantitative estimate of drug-likeness (QED) is 0.520. The molecular weight excluding hydrogens is 362 g/mol. The van der Waals surface area contributed by atoms with Gasteiger partial charge in [0.25, 0.3) is 5.91 Å². The summed E-state index contributed by atoms with van der Waals surface area (Å²) in [5, 5.41) is 2.90. The number of aromatic nitrogens is 2. The van der Waals surface area contributed by atoms with Gasteiger partial charge in [-0.1, -0.05) is 18.2 Å². The lowest BCUT2D eigenvalue weighted by Gasteiger charge is -2.10. The van der Waals surface area contributed by atoms with E-state index in [0.29, 0.717) is 11.4 Å². The molecule has 0 aliphatic carbocycles. The number of carbonyl (C=O) groups is 1. The number of nitrogens with zero attached hydrogens (tertiary/aromatic N) is 2. The molecular formula is C20H19N3O3S. The second kappa shape index (κ2) is 8.66. The fourth-order valence-corrected chi connectivity index (χ4v) is 3.34. The van der Waals surface area contributed by atoms with Gasteiger partial charge in [0.05, 0.1) is 0 Å². The Bertz CT molecular complexity index is 897. The van der Waals surface area contributed by atoms with E-state index in [1.54, 1.807) is 44.2 Å². The van der Waals surface area contributed by atoms with Crippen LogP contribution in [0.25, 0.3) is 0 Å². The molecule has 7 heteroatoms. The van der Waals surface area contributed by atoms with Crippen LogP contribution in [-0.4, -0.2) is 26.2 Å². The van der Waals surface area contributed by atoms with Crippen molar-refractivity contribution in [3.05, 3.63) is 72.1 Å². The Kier molecular flexibility index (Phi) is 6.05. The lowest BCUT2D eigenvalue weighted by molar-refractivity contribution is -0.113. The number of amides is 1. The van der Waals surface area contributed by atoms with Crippen LogP contribution in [0.1, 0.15) is 11.4 Å². The predicted molar refractivity (Wildman–Crippen MR) is 104 cm³/mol. The third-order valence-electron chi connectivity index (χ3n) is 3.54. The number of hydrogen-bond acceptors (Lipinski definition) is 5. The maximum Gasteiger partial charge on any atom is 0.343 e. The van der Waals surface area contributed by atoms with Crippen LogP contribution in [0.15, 0.2) is 65.8 Å². The van der Waals surface area contributed by atoms with Crippen molar-refractivity contribution in [3.63, 3.8) is 0 Å². The Labute approximate surface area is 160 Å². The van der Waals surface area contributed by atoms with Gasteiger partial charge in [-0.05, 0) is 56.3 Å². The Morgan fingerprint density at radius 1 is 1.00 bits per heavy atom. The monoisotopic (exact) mass is 381 g/mol. The molecule has 1 unspecified atom stereocenters. The van der Waals surface area contributed by atoms with Gasteiger partial charge in [-0.15, -0.1) is 0 Å². The number of nitrogens with one attached hydrogen (secondary N) is 1. The molecule has 0 radical (unpaired) electrons. The molecule has 0 fully saturated rings. The van der Waals surface area contributed by atoms with Crippen LogP contribution >= 0.6 is 0 Å². The standard InChI is InChI=1S/C20H19N3O3S/c1-14-12-15(2)22-20(21-14)27(25)13-19(24)23-16-8-10-18(11-9-16)26-17-6-4-3-5-7-17/h3-12H,13H2,1-2H3,(H,23,24). The summed E-state index contributed by atoms with van der Waals surface area (Å²) in [4.78, 5) is 20.4. The maximum atomic E-state index is 12.3. The zero-order chi connectivity index (χ0) is 19.2. The minimum Gasteiger partial charge on any atom is -0.609 e. The third-order valence-corrected chi connectivity index (χ3v) is 4.66. The molecule has 0 saturated heterocycles. The van der Waals surface area contributed by atoms with Crippen LogP contribution in [0.3, 0.4) is 0 Å². The number of anilines is 1. The number of ether oxygens (including phenoxy) is 1. The van der Waals surface area contributed by atoms with Crippen LogP contribution in [-0.2, 0) is 16.0 Å². The van der Waals surface area contributed by atoms with Gasteiger partial charge in [-0.3, -0.25) is 4.79 Å². The SMILES string of the molecule is Cc1cc(C)nc([S+]([O-])CC(=O)Nc2ccc(Oc3ccccc3)cc2)n1. The van der Waals surface area contributed by atoms with E-state index in [1.165, 1.54) is 0 Å². The Hall–Kier alpha value is -2.90. The molecule has 1 N–H and O–H groups in total. The third kappa shape index (κ3) is 5.54. The summed E-state index contributed by atoms with van der Waals surface area (Å²) in [6.07, 6.45) is 0. The van der Waals surface area contributed by atoms with E-state index in [1.807, 2.05) is 30.3 Å². The van der Waals surface area contributed by atoms with Gasteiger partial charge >= 0.3 is 5.16 Å². The van der Waals surface area contributed by atoms with Crippen LogP contribution in [0.5, 0.6) is 11.5 Å². The van der Waals surface area contributed by atoms with Crippen molar-refractivity contribution in [1.29, 1.82) is 0 Å². The van der Waals surface area contributed by atoms with Gasteiger partial charge in [0.15, 0.2) is 5.75 Å². The topological polar surface area (TPSA) is 87.2 Å². The van der Waals surface area contributed by atoms with Crippen LogP contribution in [0.4, 0.5) is 5.69 Å². The number of aryl methyl sites for hydroxylation is 2. The van der Waals surface area contributed by atoms with Crippen LogP contribution in [0, 0.1) is 13.8 Å². The Balaban J connectivity index is 1.57. The number of hydrogen-bond donors (Lipinski definition) is 1. The normalized spacial score (nSPS) is 11.7. The molecule has 3 rings (SSSR count). The first-order valence-corrected chi connectivity index (χ1v) is 9.65. The Morgan fingerprint density at radius 2 is 1.59 bits per heavy atom. The first-order valence-electron chi connectivity index (χ1n) is 8.33. The summed E-state index contributed by atoms with van der Waals surface area (Å²) in [5.41, 5.74) is 2.04. The van der Waals surface area contributed by atoms with Crippen LogP contribution < -0.4 is 10.1 Å². The highest BCUT2D eigenvalue weighted by molar-refractivity contribution is 7.91. The average molecular weight is 381 g/mol. The molecule has 6 nitrogen and oxygen atoms in total. The van der Waals surface area contributed by atoms with Gasteiger partial charge in [0.2, 0.25) is 0 Å².